The molecule has 6 nitrogen and oxygen atoms in total. The predicted molar refractivity (Wildman–Crippen MR) is 77.6 cm³/mol. The summed E-state index contributed by atoms with van der Waals surface area (Å²) in [5.74, 6) is 0. The second kappa shape index (κ2) is 6.49. The van der Waals surface area contributed by atoms with Gasteiger partial charge in [-0.25, -0.2) is 4.68 Å². The number of aromatic nitrogens is 2. The maximum atomic E-state index is 12.1. The molecule has 0 radical (unpaired) electrons. The lowest BCUT2D eigenvalue weighted by Crippen LogP contribution is -2.29. The molecule has 1 atom stereocenters. The van der Waals surface area contributed by atoms with E-state index >= 15 is 0 Å². The molecule has 1 aromatic rings. The van der Waals surface area contributed by atoms with E-state index < -0.39 is 0 Å². The van der Waals surface area contributed by atoms with Gasteiger partial charge in [-0.15, -0.1) is 0 Å². The van der Waals surface area contributed by atoms with E-state index in [1.54, 1.807) is 13.3 Å². The van der Waals surface area contributed by atoms with Gasteiger partial charge in [-0.2, -0.15) is 5.10 Å². The van der Waals surface area contributed by atoms with Crippen molar-refractivity contribution in [2.75, 3.05) is 39.2 Å². The van der Waals surface area contributed by atoms with Gasteiger partial charge in [-0.1, -0.05) is 0 Å². The van der Waals surface area contributed by atoms with E-state index in [2.05, 4.69) is 38.3 Å². The molecule has 0 saturated carbocycles. The van der Waals surface area contributed by atoms with Crippen LogP contribution in [0, 0.1) is 0 Å². The summed E-state index contributed by atoms with van der Waals surface area (Å²) in [6, 6.07) is 0.373. The molecule has 1 N–H and O–H groups in total. The van der Waals surface area contributed by atoms with Gasteiger partial charge in [0.2, 0.25) is 0 Å². The van der Waals surface area contributed by atoms with Crippen LogP contribution in [0.5, 0.6) is 0 Å². The van der Waals surface area contributed by atoms with Gasteiger partial charge in [0.15, 0.2) is 0 Å². The molecule has 1 aliphatic heterocycles. The minimum atomic E-state index is -0.131. The minimum Gasteiger partial charge on any atom is -0.383 e. The van der Waals surface area contributed by atoms with Crippen LogP contribution in [0.1, 0.15) is 6.42 Å². The molecule has 1 fully saturated rings. The van der Waals surface area contributed by atoms with Crippen LogP contribution in [0.3, 0.4) is 0 Å². The Morgan fingerprint density at radius 3 is 3.05 bits per heavy atom. The van der Waals surface area contributed by atoms with Crippen LogP contribution < -0.4 is 10.9 Å². The quantitative estimate of drug-likeness (QED) is 0.864. The summed E-state index contributed by atoms with van der Waals surface area (Å²) in [4.78, 5) is 14.3. The van der Waals surface area contributed by atoms with Crippen molar-refractivity contribution in [2.24, 2.45) is 0 Å². The number of rotatable bonds is 5. The average molecular weight is 331 g/mol. The first kappa shape index (κ1) is 14.5. The third kappa shape index (κ3) is 3.55. The number of ether oxygens (including phenoxy) is 1. The number of likely N-dealkylation sites (tertiary alicyclic amines) is 1. The second-order valence-corrected chi connectivity index (χ2v) is 5.58. The molecule has 1 saturated heterocycles. The number of anilines is 1. The van der Waals surface area contributed by atoms with E-state index in [0.29, 0.717) is 23.7 Å². The first-order chi connectivity index (χ1) is 9.11. The molecule has 0 aromatic carbocycles. The lowest BCUT2D eigenvalue weighted by Gasteiger charge is -2.15. The summed E-state index contributed by atoms with van der Waals surface area (Å²) < 4.78 is 6.89. The zero-order valence-corrected chi connectivity index (χ0v) is 12.8. The smallest absolute Gasteiger partial charge is 0.283 e. The number of nitrogens with one attached hydrogen (secondary N) is 1. The van der Waals surface area contributed by atoms with Crippen molar-refractivity contribution in [3.8, 4) is 0 Å². The maximum absolute atomic E-state index is 12.1. The maximum Gasteiger partial charge on any atom is 0.283 e. The van der Waals surface area contributed by atoms with Gasteiger partial charge < -0.3 is 15.0 Å². The highest BCUT2D eigenvalue weighted by Gasteiger charge is 2.20. The van der Waals surface area contributed by atoms with Crippen LogP contribution in [0.4, 0.5) is 5.69 Å². The number of likely N-dealkylation sites (N-methyl/N-ethyl adjacent to an activating group) is 1. The SMILES string of the molecule is COCCn1ncc(NC2CCN(C)C2)c(Br)c1=O. The summed E-state index contributed by atoms with van der Waals surface area (Å²) in [5, 5.41) is 7.52. The van der Waals surface area contributed by atoms with Crippen molar-refractivity contribution in [1.82, 2.24) is 14.7 Å². The van der Waals surface area contributed by atoms with Crippen LogP contribution in [0.15, 0.2) is 15.5 Å². The Morgan fingerprint density at radius 1 is 1.63 bits per heavy atom. The van der Waals surface area contributed by atoms with Gasteiger partial charge in [-0.3, -0.25) is 4.79 Å². The van der Waals surface area contributed by atoms with E-state index in [0.717, 1.165) is 25.2 Å². The Bertz CT molecular complexity index is 491. The van der Waals surface area contributed by atoms with Gasteiger partial charge >= 0.3 is 0 Å². The average Bonchev–Trinajstić information content (AvgIpc) is 2.80. The molecule has 19 heavy (non-hydrogen) atoms. The van der Waals surface area contributed by atoms with E-state index in [1.807, 2.05) is 0 Å². The van der Waals surface area contributed by atoms with Gasteiger partial charge in [0.25, 0.3) is 5.56 Å². The summed E-state index contributed by atoms with van der Waals surface area (Å²) in [6.45, 7) is 2.99. The predicted octanol–water partition coefficient (Wildman–Crippen LogP) is 0.768. The standard InChI is InChI=1S/C12H19BrN4O2/c1-16-4-3-9(8-16)15-10-7-14-17(5-6-19-2)12(18)11(10)13/h7,9,15H,3-6,8H2,1-2H3. The van der Waals surface area contributed by atoms with Crippen LogP contribution in [0.25, 0.3) is 0 Å². The number of halogens is 1. The Balaban J connectivity index is 2.10. The second-order valence-electron chi connectivity index (χ2n) is 4.79. The molecule has 0 bridgehead atoms. The molecule has 7 heteroatoms. The Hall–Kier alpha value is -0.920. The van der Waals surface area contributed by atoms with E-state index in [-0.39, 0.29) is 5.56 Å². The van der Waals surface area contributed by atoms with Crippen LogP contribution in [-0.2, 0) is 11.3 Å². The number of nitrogens with zero attached hydrogens (tertiary/aromatic N) is 3. The van der Waals surface area contributed by atoms with E-state index in [9.17, 15) is 4.79 Å². The van der Waals surface area contributed by atoms with Gasteiger partial charge in [0, 0.05) is 19.7 Å². The topological polar surface area (TPSA) is 59.4 Å². The molecule has 1 aromatic heterocycles. The molecular weight excluding hydrogens is 312 g/mol. The summed E-state index contributed by atoms with van der Waals surface area (Å²) in [6.07, 6.45) is 2.77. The normalized spacial score (nSPS) is 19.8. The third-order valence-corrected chi connectivity index (χ3v) is 4.01. The Kier molecular flexibility index (Phi) is 4.95. The highest BCUT2D eigenvalue weighted by molar-refractivity contribution is 9.10. The zero-order valence-electron chi connectivity index (χ0n) is 11.2. The van der Waals surface area contributed by atoms with E-state index in [1.165, 1.54) is 4.68 Å². The van der Waals surface area contributed by atoms with Crippen molar-refractivity contribution in [1.29, 1.82) is 0 Å². The minimum absolute atomic E-state index is 0.131. The number of hydrogen-bond acceptors (Lipinski definition) is 5. The molecule has 2 heterocycles. The number of hydrogen-bond donors (Lipinski definition) is 1. The Labute approximate surface area is 120 Å². The Morgan fingerprint density at radius 2 is 2.42 bits per heavy atom. The molecule has 1 aliphatic rings. The summed E-state index contributed by atoms with van der Waals surface area (Å²) >= 11 is 3.36. The first-order valence-electron chi connectivity index (χ1n) is 6.31. The third-order valence-electron chi connectivity index (χ3n) is 3.24. The molecule has 1 unspecified atom stereocenters. The molecule has 0 aliphatic carbocycles. The fourth-order valence-electron chi connectivity index (χ4n) is 2.18. The van der Waals surface area contributed by atoms with Gasteiger partial charge in [0.1, 0.15) is 4.47 Å². The lowest BCUT2D eigenvalue weighted by atomic mass is 10.2. The fourth-order valence-corrected chi connectivity index (χ4v) is 2.60. The molecular formula is C12H19BrN4O2. The van der Waals surface area contributed by atoms with E-state index in [4.69, 9.17) is 4.74 Å². The van der Waals surface area contributed by atoms with Gasteiger partial charge in [0.05, 0.1) is 25.0 Å². The fraction of sp³-hybridized carbons (Fsp3) is 0.667. The number of methoxy groups -OCH3 is 1. The van der Waals surface area contributed by atoms with Crippen molar-refractivity contribution in [3.63, 3.8) is 0 Å². The van der Waals surface area contributed by atoms with Crippen LogP contribution in [-0.4, -0.2) is 54.6 Å². The highest BCUT2D eigenvalue weighted by Crippen LogP contribution is 2.20. The van der Waals surface area contributed by atoms with Crippen molar-refractivity contribution in [3.05, 3.63) is 21.0 Å². The van der Waals surface area contributed by atoms with Crippen molar-refractivity contribution < 1.29 is 4.74 Å². The monoisotopic (exact) mass is 330 g/mol. The van der Waals surface area contributed by atoms with Gasteiger partial charge in [-0.05, 0) is 35.9 Å². The highest BCUT2D eigenvalue weighted by atomic mass is 79.9. The zero-order chi connectivity index (χ0) is 13.8. The molecule has 2 rings (SSSR count). The molecule has 106 valence electrons. The molecule has 0 amide bonds. The summed E-state index contributed by atoms with van der Waals surface area (Å²) in [7, 11) is 3.70. The van der Waals surface area contributed by atoms with Crippen LogP contribution >= 0.6 is 15.9 Å². The van der Waals surface area contributed by atoms with Crippen LogP contribution in [0.2, 0.25) is 0 Å². The summed E-state index contributed by atoms with van der Waals surface area (Å²) in [5.41, 5.74) is 0.632. The van der Waals surface area contributed by atoms with Crippen molar-refractivity contribution >= 4 is 21.6 Å². The lowest BCUT2D eigenvalue weighted by molar-refractivity contribution is 0.181. The molecule has 0 spiro atoms. The first-order valence-corrected chi connectivity index (χ1v) is 7.10. The largest absolute Gasteiger partial charge is 0.383 e. The van der Waals surface area contributed by atoms with Crippen molar-refractivity contribution in [2.45, 2.75) is 19.0 Å².